The van der Waals surface area contributed by atoms with Gasteiger partial charge in [-0.15, -0.1) is 0 Å². The summed E-state index contributed by atoms with van der Waals surface area (Å²) in [6, 6.07) is 5.97. The van der Waals surface area contributed by atoms with E-state index in [4.69, 9.17) is 14.2 Å². The van der Waals surface area contributed by atoms with Crippen LogP contribution in [0.25, 0.3) is 0 Å². The SMILES string of the molecule is COc1ccc(C[C@H]2CN(C(=O)OC(C)(C)C)CCN2)c(OC)c1. The molecule has 0 saturated carbocycles. The van der Waals surface area contributed by atoms with Gasteiger partial charge in [0.1, 0.15) is 17.1 Å². The minimum atomic E-state index is -0.476. The van der Waals surface area contributed by atoms with Crippen LogP contribution in [0.5, 0.6) is 11.5 Å². The largest absolute Gasteiger partial charge is 0.497 e. The third-order valence-corrected chi connectivity index (χ3v) is 3.87. The zero-order chi connectivity index (χ0) is 17.7. The van der Waals surface area contributed by atoms with Crippen LogP contribution in [0, 0.1) is 0 Å². The molecule has 1 saturated heterocycles. The van der Waals surface area contributed by atoms with Crippen molar-refractivity contribution in [1.29, 1.82) is 0 Å². The molecule has 0 aliphatic carbocycles. The highest BCUT2D eigenvalue weighted by molar-refractivity contribution is 5.68. The number of benzene rings is 1. The summed E-state index contributed by atoms with van der Waals surface area (Å²) in [7, 11) is 3.29. The monoisotopic (exact) mass is 336 g/mol. The highest BCUT2D eigenvalue weighted by atomic mass is 16.6. The highest BCUT2D eigenvalue weighted by Crippen LogP contribution is 2.26. The molecule has 0 radical (unpaired) electrons. The number of carbonyl (C=O) groups excluding carboxylic acids is 1. The molecule has 0 bridgehead atoms. The van der Waals surface area contributed by atoms with Crippen molar-refractivity contribution in [3.63, 3.8) is 0 Å². The molecule has 1 heterocycles. The van der Waals surface area contributed by atoms with Crippen molar-refractivity contribution in [3.05, 3.63) is 23.8 Å². The van der Waals surface area contributed by atoms with E-state index in [1.807, 2.05) is 39.0 Å². The van der Waals surface area contributed by atoms with Crippen molar-refractivity contribution in [2.24, 2.45) is 0 Å². The number of ether oxygens (including phenoxy) is 3. The number of piperazine rings is 1. The van der Waals surface area contributed by atoms with Gasteiger partial charge < -0.3 is 24.4 Å². The van der Waals surface area contributed by atoms with Gasteiger partial charge >= 0.3 is 6.09 Å². The van der Waals surface area contributed by atoms with Crippen molar-refractivity contribution in [1.82, 2.24) is 10.2 Å². The van der Waals surface area contributed by atoms with Crippen LogP contribution in [-0.4, -0.2) is 56.5 Å². The van der Waals surface area contributed by atoms with Crippen LogP contribution in [0.1, 0.15) is 26.3 Å². The maximum atomic E-state index is 12.3. The van der Waals surface area contributed by atoms with Crippen LogP contribution < -0.4 is 14.8 Å². The molecule has 1 aliphatic rings. The molecular formula is C18H28N2O4. The average molecular weight is 336 g/mol. The molecule has 1 fully saturated rings. The predicted octanol–water partition coefficient (Wildman–Crippen LogP) is 2.46. The smallest absolute Gasteiger partial charge is 0.410 e. The third-order valence-electron chi connectivity index (χ3n) is 3.87. The highest BCUT2D eigenvalue weighted by Gasteiger charge is 2.27. The Morgan fingerprint density at radius 3 is 2.67 bits per heavy atom. The van der Waals surface area contributed by atoms with E-state index in [-0.39, 0.29) is 12.1 Å². The number of nitrogens with one attached hydrogen (secondary N) is 1. The quantitative estimate of drug-likeness (QED) is 0.915. The van der Waals surface area contributed by atoms with Gasteiger partial charge in [0.15, 0.2) is 0 Å². The second kappa shape index (κ2) is 7.75. The molecule has 1 atom stereocenters. The zero-order valence-electron chi connectivity index (χ0n) is 15.2. The molecule has 134 valence electrons. The third kappa shape index (κ3) is 5.03. The predicted molar refractivity (Wildman–Crippen MR) is 92.8 cm³/mol. The topological polar surface area (TPSA) is 60.0 Å². The van der Waals surface area contributed by atoms with Crippen molar-refractivity contribution in [2.75, 3.05) is 33.9 Å². The van der Waals surface area contributed by atoms with E-state index < -0.39 is 5.60 Å². The first-order valence-electron chi connectivity index (χ1n) is 8.24. The van der Waals surface area contributed by atoms with Gasteiger partial charge in [-0.3, -0.25) is 0 Å². The van der Waals surface area contributed by atoms with Crippen LogP contribution in [0.15, 0.2) is 18.2 Å². The Kier molecular flexibility index (Phi) is 5.94. The van der Waals surface area contributed by atoms with Crippen LogP contribution in [-0.2, 0) is 11.2 Å². The van der Waals surface area contributed by atoms with Crippen molar-refractivity contribution < 1.29 is 19.0 Å². The lowest BCUT2D eigenvalue weighted by molar-refractivity contribution is 0.0195. The van der Waals surface area contributed by atoms with E-state index in [0.717, 1.165) is 30.0 Å². The number of hydrogen-bond donors (Lipinski definition) is 1. The van der Waals surface area contributed by atoms with Gasteiger partial charge in [-0.1, -0.05) is 6.07 Å². The lowest BCUT2D eigenvalue weighted by atomic mass is 10.0. The molecule has 2 rings (SSSR count). The normalized spacial score (nSPS) is 18.2. The van der Waals surface area contributed by atoms with Crippen LogP contribution in [0.3, 0.4) is 0 Å². The fourth-order valence-corrected chi connectivity index (χ4v) is 2.74. The number of nitrogens with zero attached hydrogens (tertiary/aromatic N) is 1. The first-order chi connectivity index (χ1) is 11.3. The summed E-state index contributed by atoms with van der Waals surface area (Å²) >= 11 is 0. The molecule has 0 spiro atoms. The first kappa shape index (κ1) is 18.4. The Hall–Kier alpha value is -1.95. The maximum absolute atomic E-state index is 12.3. The summed E-state index contributed by atoms with van der Waals surface area (Å²) in [5, 5.41) is 3.46. The van der Waals surface area contributed by atoms with Crippen molar-refractivity contribution in [2.45, 2.75) is 38.8 Å². The molecule has 6 nitrogen and oxygen atoms in total. The van der Waals surface area contributed by atoms with E-state index in [9.17, 15) is 4.79 Å². The Balaban J connectivity index is 2.01. The fraction of sp³-hybridized carbons (Fsp3) is 0.611. The Morgan fingerprint density at radius 2 is 2.04 bits per heavy atom. The van der Waals surface area contributed by atoms with E-state index in [1.54, 1.807) is 19.1 Å². The minimum Gasteiger partial charge on any atom is -0.497 e. The molecule has 1 aliphatic heterocycles. The summed E-state index contributed by atoms with van der Waals surface area (Å²) in [6.07, 6.45) is 0.516. The number of hydrogen-bond acceptors (Lipinski definition) is 5. The zero-order valence-corrected chi connectivity index (χ0v) is 15.2. The second-order valence-corrected chi connectivity index (χ2v) is 6.96. The molecule has 6 heteroatoms. The van der Waals surface area contributed by atoms with Gasteiger partial charge in [0, 0.05) is 31.7 Å². The molecule has 1 aromatic rings. The first-order valence-corrected chi connectivity index (χ1v) is 8.24. The summed E-state index contributed by atoms with van der Waals surface area (Å²) in [5.41, 5.74) is 0.609. The average Bonchev–Trinajstić information content (AvgIpc) is 2.54. The van der Waals surface area contributed by atoms with Crippen LogP contribution >= 0.6 is 0 Å². The van der Waals surface area contributed by atoms with Gasteiger partial charge in [0.25, 0.3) is 0 Å². The Bertz CT molecular complexity index is 569. The molecule has 0 unspecified atom stereocenters. The number of amides is 1. The summed E-state index contributed by atoms with van der Waals surface area (Å²) in [5.74, 6) is 1.56. The Morgan fingerprint density at radius 1 is 1.29 bits per heavy atom. The second-order valence-electron chi connectivity index (χ2n) is 6.96. The number of methoxy groups -OCH3 is 2. The lowest BCUT2D eigenvalue weighted by Gasteiger charge is -2.35. The van der Waals surface area contributed by atoms with Gasteiger partial charge in [0.2, 0.25) is 0 Å². The molecular weight excluding hydrogens is 308 g/mol. The van der Waals surface area contributed by atoms with E-state index in [2.05, 4.69) is 5.32 Å². The molecule has 1 aromatic carbocycles. The van der Waals surface area contributed by atoms with Gasteiger partial charge in [-0.25, -0.2) is 4.79 Å². The van der Waals surface area contributed by atoms with Crippen molar-refractivity contribution >= 4 is 6.09 Å². The summed E-state index contributed by atoms with van der Waals surface area (Å²) in [4.78, 5) is 14.0. The van der Waals surface area contributed by atoms with Gasteiger partial charge in [0.05, 0.1) is 14.2 Å². The van der Waals surface area contributed by atoms with E-state index in [1.165, 1.54) is 0 Å². The number of carbonyl (C=O) groups is 1. The standard InChI is InChI=1S/C18H28N2O4/c1-18(2,3)24-17(21)20-9-8-19-14(12-20)10-13-6-7-15(22-4)11-16(13)23-5/h6-7,11,14,19H,8-10,12H2,1-5H3/t14-/m0/s1. The van der Waals surface area contributed by atoms with Gasteiger partial charge in [-0.05, 0) is 38.8 Å². The molecule has 0 aromatic heterocycles. The van der Waals surface area contributed by atoms with Crippen LogP contribution in [0.4, 0.5) is 4.79 Å². The van der Waals surface area contributed by atoms with E-state index >= 15 is 0 Å². The Labute approximate surface area is 144 Å². The minimum absolute atomic E-state index is 0.161. The summed E-state index contributed by atoms with van der Waals surface area (Å²) < 4.78 is 16.2. The molecule has 24 heavy (non-hydrogen) atoms. The van der Waals surface area contributed by atoms with Crippen LogP contribution in [0.2, 0.25) is 0 Å². The fourth-order valence-electron chi connectivity index (χ4n) is 2.74. The van der Waals surface area contributed by atoms with E-state index in [0.29, 0.717) is 13.1 Å². The number of rotatable bonds is 4. The lowest BCUT2D eigenvalue weighted by Crippen LogP contribution is -2.54. The summed E-state index contributed by atoms with van der Waals surface area (Å²) in [6.45, 7) is 7.67. The molecule has 1 N–H and O–H groups in total. The maximum Gasteiger partial charge on any atom is 0.410 e. The van der Waals surface area contributed by atoms with Gasteiger partial charge in [-0.2, -0.15) is 0 Å². The molecule has 1 amide bonds. The van der Waals surface area contributed by atoms with Crippen molar-refractivity contribution in [3.8, 4) is 11.5 Å².